The number of nitrogens with zero attached hydrogens (tertiary/aromatic N) is 3. The van der Waals surface area contributed by atoms with Crippen molar-refractivity contribution in [2.24, 2.45) is 11.7 Å². The van der Waals surface area contributed by atoms with Crippen LogP contribution in [0.5, 0.6) is 0 Å². The average Bonchev–Trinajstić information content (AvgIpc) is 2.80. The highest BCUT2D eigenvalue weighted by molar-refractivity contribution is 5.67. The molecule has 0 bridgehead atoms. The number of fused-ring (bicyclic) bond motifs is 1. The number of aromatic nitrogens is 3. The number of halogens is 3. The van der Waals surface area contributed by atoms with Crippen molar-refractivity contribution in [1.82, 2.24) is 14.6 Å². The molecule has 0 aliphatic carbocycles. The van der Waals surface area contributed by atoms with E-state index in [1.54, 1.807) is 0 Å². The molecular formula is C11H14F3N5. The Kier molecular flexibility index (Phi) is 3.61. The molecule has 2 rings (SSSR count). The third-order valence-electron chi connectivity index (χ3n) is 2.70. The maximum absolute atomic E-state index is 12.6. The zero-order chi connectivity index (χ0) is 14.0. The number of anilines is 1. The van der Waals surface area contributed by atoms with Crippen molar-refractivity contribution in [1.29, 1.82) is 0 Å². The van der Waals surface area contributed by atoms with Crippen LogP contribution in [0, 0.1) is 5.92 Å². The van der Waals surface area contributed by atoms with Gasteiger partial charge in [0.15, 0.2) is 11.5 Å². The number of hydrogen-bond donors (Lipinski definition) is 2. The summed E-state index contributed by atoms with van der Waals surface area (Å²) >= 11 is 0. The van der Waals surface area contributed by atoms with Gasteiger partial charge in [-0.2, -0.15) is 18.3 Å². The van der Waals surface area contributed by atoms with Crippen LogP contribution in [-0.4, -0.2) is 27.7 Å². The summed E-state index contributed by atoms with van der Waals surface area (Å²) in [6, 6.07) is 0.975. The molecule has 0 saturated heterocycles. The molecule has 0 fully saturated rings. The van der Waals surface area contributed by atoms with Crippen molar-refractivity contribution in [2.75, 3.05) is 18.4 Å². The highest BCUT2D eigenvalue weighted by Crippen LogP contribution is 2.29. The van der Waals surface area contributed by atoms with Gasteiger partial charge in [-0.25, -0.2) is 9.50 Å². The van der Waals surface area contributed by atoms with E-state index in [-0.39, 0.29) is 5.92 Å². The normalized spacial score (nSPS) is 13.7. The minimum Gasteiger partial charge on any atom is -0.368 e. The molecule has 3 N–H and O–H groups in total. The summed E-state index contributed by atoms with van der Waals surface area (Å²) < 4.78 is 38.9. The van der Waals surface area contributed by atoms with Crippen LogP contribution in [0.3, 0.4) is 0 Å². The van der Waals surface area contributed by atoms with Gasteiger partial charge < -0.3 is 11.1 Å². The quantitative estimate of drug-likeness (QED) is 0.890. The van der Waals surface area contributed by atoms with Gasteiger partial charge in [-0.05, 0) is 12.5 Å². The van der Waals surface area contributed by atoms with Crippen LogP contribution in [-0.2, 0) is 6.18 Å². The molecule has 1 atom stereocenters. The van der Waals surface area contributed by atoms with Crippen molar-refractivity contribution < 1.29 is 13.2 Å². The smallest absolute Gasteiger partial charge is 0.368 e. The van der Waals surface area contributed by atoms with Crippen molar-refractivity contribution in [3.8, 4) is 0 Å². The second-order valence-electron chi connectivity index (χ2n) is 4.35. The molecule has 104 valence electrons. The van der Waals surface area contributed by atoms with E-state index in [0.717, 1.165) is 10.6 Å². The summed E-state index contributed by atoms with van der Waals surface area (Å²) in [5, 5.41) is 6.46. The molecule has 2 aromatic heterocycles. The van der Waals surface area contributed by atoms with Gasteiger partial charge in [-0.1, -0.05) is 6.92 Å². The van der Waals surface area contributed by atoms with Gasteiger partial charge in [0.05, 0.1) is 0 Å². The van der Waals surface area contributed by atoms with Crippen LogP contribution in [0.4, 0.5) is 19.0 Å². The van der Waals surface area contributed by atoms with E-state index in [0.29, 0.717) is 24.4 Å². The van der Waals surface area contributed by atoms with E-state index in [1.165, 1.54) is 12.4 Å². The lowest BCUT2D eigenvalue weighted by molar-refractivity contribution is -0.141. The molecule has 8 heteroatoms. The molecule has 0 amide bonds. The lowest BCUT2D eigenvalue weighted by Gasteiger charge is -2.10. The van der Waals surface area contributed by atoms with Gasteiger partial charge in [0.2, 0.25) is 0 Å². The minimum atomic E-state index is -4.46. The largest absolute Gasteiger partial charge is 0.435 e. The standard InChI is InChI=1S/C11H14F3N5/c1-7(5-15)6-17-10-8-4-9(11(12,13)14)18-19(8)3-2-16-10/h2-4,7H,5-6,15H2,1H3,(H,16,17). The number of rotatable bonds is 4. The van der Waals surface area contributed by atoms with Crippen LogP contribution in [0.2, 0.25) is 0 Å². The molecule has 5 nitrogen and oxygen atoms in total. The number of nitrogens with one attached hydrogen (secondary N) is 1. The van der Waals surface area contributed by atoms with Crippen LogP contribution in [0.15, 0.2) is 18.5 Å². The van der Waals surface area contributed by atoms with Crippen molar-refractivity contribution in [3.05, 3.63) is 24.2 Å². The molecule has 0 radical (unpaired) electrons. The second kappa shape index (κ2) is 5.04. The maximum Gasteiger partial charge on any atom is 0.435 e. The summed E-state index contributed by atoms with van der Waals surface area (Å²) in [5.41, 5.74) is 4.84. The molecule has 0 spiro atoms. The Labute approximate surface area is 107 Å². The zero-order valence-corrected chi connectivity index (χ0v) is 10.3. The fourth-order valence-corrected chi connectivity index (χ4v) is 1.55. The van der Waals surface area contributed by atoms with Crippen molar-refractivity contribution in [3.63, 3.8) is 0 Å². The summed E-state index contributed by atoms with van der Waals surface area (Å²) in [5.74, 6) is 0.567. The minimum absolute atomic E-state index is 0.201. The molecule has 2 heterocycles. The molecule has 2 aromatic rings. The maximum atomic E-state index is 12.6. The number of hydrogen-bond acceptors (Lipinski definition) is 4. The third-order valence-corrected chi connectivity index (χ3v) is 2.70. The predicted molar refractivity (Wildman–Crippen MR) is 64.7 cm³/mol. The molecule has 1 unspecified atom stereocenters. The first kappa shape index (κ1) is 13.6. The Morgan fingerprint density at radius 1 is 1.47 bits per heavy atom. The van der Waals surface area contributed by atoms with E-state index >= 15 is 0 Å². The number of alkyl halides is 3. The predicted octanol–water partition coefficient (Wildman–Crippen LogP) is 1.75. The van der Waals surface area contributed by atoms with Gasteiger partial charge in [-0.3, -0.25) is 0 Å². The van der Waals surface area contributed by atoms with E-state index in [2.05, 4.69) is 15.4 Å². The van der Waals surface area contributed by atoms with E-state index in [1.807, 2.05) is 6.92 Å². The van der Waals surface area contributed by atoms with E-state index in [9.17, 15) is 13.2 Å². The van der Waals surface area contributed by atoms with Gasteiger partial charge in [-0.15, -0.1) is 0 Å². The third kappa shape index (κ3) is 2.95. The fraction of sp³-hybridized carbons (Fsp3) is 0.455. The van der Waals surface area contributed by atoms with Gasteiger partial charge in [0, 0.05) is 25.0 Å². The Morgan fingerprint density at radius 3 is 2.84 bits per heavy atom. The van der Waals surface area contributed by atoms with Gasteiger partial charge in [0.1, 0.15) is 5.52 Å². The Bertz CT molecular complexity index is 563. The lowest BCUT2D eigenvalue weighted by atomic mass is 10.2. The zero-order valence-electron chi connectivity index (χ0n) is 10.3. The van der Waals surface area contributed by atoms with Crippen molar-refractivity contribution in [2.45, 2.75) is 13.1 Å². The van der Waals surface area contributed by atoms with Crippen LogP contribution >= 0.6 is 0 Å². The Morgan fingerprint density at radius 2 is 2.21 bits per heavy atom. The Hall–Kier alpha value is -1.83. The molecular weight excluding hydrogens is 259 g/mol. The van der Waals surface area contributed by atoms with Crippen molar-refractivity contribution >= 4 is 11.3 Å². The Balaban J connectivity index is 2.32. The highest BCUT2D eigenvalue weighted by Gasteiger charge is 2.34. The topological polar surface area (TPSA) is 68.2 Å². The second-order valence-corrected chi connectivity index (χ2v) is 4.35. The summed E-state index contributed by atoms with van der Waals surface area (Å²) in [6.07, 6.45) is -1.69. The molecule has 0 aliphatic heterocycles. The van der Waals surface area contributed by atoms with Crippen LogP contribution in [0.1, 0.15) is 12.6 Å². The van der Waals surface area contributed by atoms with Gasteiger partial charge in [0.25, 0.3) is 0 Å². The molecule has 0 aromatic carbocycles. The molecule has 0 aliphatic rings. The van der Waals surface area contributed by atoms with E-state index < -0.39 is 11.9 Å². The summed E-state index contributed by atoms with van der Waals surface area (Å²) in [7, 11) is 0. The summed E-state index contributed by atoms with van der Waals surface area (Å²) in [4.78, 5) is 4.03. The average molecular weight is 273 g/mol. The molecule has 19 heavy (non-hydrogen) atoms. The molecule has 0 saturated carbocycles. The van der Waals surface area contributed by atoms with E-state index in [4.69, 9.17) is 5.73 Å². The first-order valence-corrected chi connectivity index (χ1v) is 5.77. The number of nitrogens with two attached hydrogens (primary N) is 1. The monoisotopic (exact) mass is 273 g/mol. The van der Waals surface area contributed by atoms with Crippen LogP contribution < -0.4 is 11.1 Å². The highest BCUT2D eigenvalue weighted by atomic mass is 19.4. The summed E-state index contributed by atoms with van der Waals surface area (Å²) in [6.45, 7) is 2.96. The first-order valence-electron chi connectivity index (χ1n) is 5.77. The lowest BCUT2D eigenvalue weighted by Crippen LogP contribution is -2.20. The van der Waals surface area contributed by atoms with Gasteiger partial charge >= 0.3 is 6.18 Å². The SMILES string of the molecule is CC(CN)CNc1nccn2nc(C(F)(F)F)cc12. The fourth-order valence-electron chi connectivity index (χ4n) is 1.55. The van der Waals surface area contributed by atoms with Crippen LogP contribution in [0.25, 0.3) is 5.52 Å². The first-order chi connectivity index (χ1) is 8.91.